The molecule has 1 N–H and O–H groups in total. The molecule has 1 aromatic carbocycles. The van der Waals surface area contributed by atoms with E-state index in [9.17, 15) is 9.59 Å². The first-order chi connectivity index (χ1) is 10.5. The van der Waals surface area contributed by atoms with Crippen molar-refractivity contribution in [2.24, 2.45) is 0 Å². The molecule has 0 saturated heterocycles. The summed E-state index contributed by atoms with van der Waals surface area (Å²) >= 11 is 11.9. The van der Waals surface area contributed by atoms with Crippen molar-refractivity contribution in [3.05, 3.63) is 33.8 Å². The van der Waals surface area contributed by atoms with Crippen molar-refractivity contribution in [3.63, 3.8) is 0 Å². The Morgan fingerprint density at radius 1 is 1.30 bits per heavy atom. The van der Waals surface area contributed by atoms with E-state index >= 15 is 0 Å². The summed E-state index contributed by atoms with van der Waals surface area (Å²) in [6, 6.07) is 4.43. The van der Waals surface area contributed by atoms with Crippen LogP contribution in [0.5, 0.6) is 0 Å². The Morgan fingerprint density at radius 2 is 1.91 bits per heavy atom. The average molecular weight is 361 g/mol. The first kappa shape index (κ1) is 19.6. The fourth-order valence-corrected chi connectivity index (χ4v) is 2.41. The summed E-state index contributed by atoms with van der Waals surface area (Å²) in [5.41, 5.74) is -0.203. The number of carbonyl (C=O) groups is 2. The number of likely N-dealkylation sites (N-methyl/N-ethyl adjacent to an activating group) is 1. The number of ether oxygens (including phenoxy) is 1. The zero-order valence-electron chi connectivity index (χ0n) is 13.9. The van der Waals surface area contributed by atoms with E-state index in [1.54, 1.807) is 46.9 Å². The largest absolute Gasteiger partial charge is 0.444 e. The molecule has 5 nitrogen and oxygen atoms in total. The molecule has 0 spiro atoms. The third-order valence-electron chi connectivity index (χ3n) is 2.82. The number of carbonyl (C=O) groups excluding carboxylic acids is 2. The van der Waals surface area contributed by atoms with Gasteiger partial charge in [-0.15, -0.1) is 0 Å². The summed E-state index contributed by atoms with van der Waals surface area (Å²) in [5, 5.41) is 3.45. The molecule has 23 heavy (non-hydrogen) atoms. The van der Waals surface area contributed by atoms with Crippen LogP contribution in [0.3, 0.4) is 0 Å². The van der Waals surface area contributed by atoms with Crippen LogP contribution >= 0.6 is 23.2 Å². The Balaban J connectivity index is 2.62. The van der Waals surface area contributed by atoms with Gasteiger partial charge in [0.1, 0.15) is 5.60 Å². The number of halogens is 2. The molecule has 0 saturated carbocycles. The molecular formula is C16H22Cl2N2O3. The van der Waals surface area contributed by atoms with Crippen LogP contribution in [-0.2, 0) is 4.74 Å². The minimum Gasteiger partial charge on any atom is -0.444 e. The maximum atomic E-state index is 12.4. The third kappa shape index (κ3) is 6.67. The zero-order valence-corrected chi connectivity index (χ0v) is 15.5. The molecule has 128 valence electrons. The van der Waals surface area contributed by atoms with Gasteiger partial charge < -0.3 is 15.0 Å². The number of alkyl carbamates (subject to hydrolysis) is 1. The van der Waals surface area contributed by atoms with E-state index in [4.69, 9.17) is 27.9 Å². The lowest BCUT2D eigenvalue weighted by Crippen LogP contribution is -2.44. The van der Waals surface area contributed by atoms with Gasteiger partial charge in [0.25, 0.3) is 5.91 Å². The first-order valence-electron chi connectivity index (χ1n) is 7.19. The van der Waals surface area contributed by atoms with Gasteiger partial charge in [0, 0.05) is 24.7 Å². The van der Waals surface area contributed by atoms with E-state index < -0.39 is 11.7 Å². The van der Waals surface area contributed by atoms with E-state index in [1.165, 1.54) is 11.0 Å². The minimum absolute atomic E-state index is 0.246. The molecule has 0 aliphatic carbocycles. The Kier molecular flexibility index (Phi) is 6.71. The summed E-state index contributed by atoms with van der Waals surface area (Å²) in [6.07, 6.45) is -0.518. The Hall–Kier alpha value is -1.46. The van der Waals surface area contributed by atoms with E-state index in [-0.39, 0.29) is 11.9 Å². The molecule has 0 aromatic heterocycles. The quantitative estimate of drug-likeness (QED) is 0.883. The van der Waals surface area contributed by atoms with Crippen LogP contribution in [-0.4, -0.2) is 42.1 Å². The highest BCUT2D eigenvalue weighted by molar-refractivity contribution is 6.36. The number of benzene rings is 1. The van der Waals surface area contributed by atoms with Crippen LogP contribution in [0.2, 0.25) is 10.0 Å². The molecule has 1 aromatic rings. The van der Waals surface area contributed by atoms with Gasteiger partial charge in [0.05, 0.1) is 10.6 Å². The lowest BCUT2D eigenvalue weighted by molar-refractivity contribution is 0.0491. The number of rotatable bonds is 4. The molecule has 2 amide bonds. The highest BCUT2D eigenvalue weighted by Gasteiger charge is 2.21. The summed E-state index contributed by atoms with van der Waals surface area (Å²) in [5.74, 6) is -0.246. The average Bonchev–Trinajstić information content (AvgIpc) is 2.35. The molecule has 0 fully saturated rings. The number of hydrogen-bond donors (Lipinski definition) is 1. The molecule has 0 heterocycles. The predicted octanol–water partition coefficient (Wildman–Crippen LogP) is 3.98. The second-order valence-corrected chi connectivity index (χ2v) is 7.20. The van der Waals surface area contributed by atoms with E-state index in [2.05, 4.69) is 5.32 Å². The number of hydrogen-bond acceptors (Lipinski definition) is 3. The van der Waals surface area contributed by atoms with Crippen LogP contribution in [0.4, 0.5) is 4.79 Å². The highest BCUT2D eigenvalue weighted by atomic mass is 35.5. The van der Waals surface area contributed by atoms with Gasteiger partial charge in [-0.2, -0.15) is 0 Å². The fourth-order valence-electron chi connectivity index (χ4n) is 1.92. The van der Waals surface area contributed by atoms with Crippen LogP contribution in [0, 0.1) is 0 Å². The number of amides is 2. The normalized spacial score (nSPS) is 12.5. The minimum atomic E-state index is -0.567. The maximum absolute atomic E-state index is 12.4. The van der Waals surface area contributed by atoms with Crippen LogP contribution in [0.15, 0.2) is 18.2 Å². The second-order valence-electron chi connectivity index (χ2n) is 6.36. The van der Waals surface area contributed by atoms with E-state index in [0.717, 1.165) is 0 Å². The molecule has 1 rings (SSSR count). The van der Waals surface area contributed by atoms with Crippen molar-refractivity contribution in [2.75, 3.05) is 13.6 Å². The molecule has 0 aliphatic rings. The van der Waals surface area contributed by atoms with Gasteiger partial charge in [0.2, 0.25) is 0 Å². The van der Waals surface area contributed by atoms with Crippen molar-refractivity contribution < 1.29 is 14.3 Å². The predicted molar refractivity (Wildman–Crippen MR) is 92.3 cm³/mol. The Labute approximate surface area is 146 Å². The van der Waals surface area contributed by atoms with Crippen LogP contribution in [0.1, 0.15) is 38.1 Å². The second kappa shape index (κ2) is 7.88. The molecule has 0 unspecified atom stereocenters. The highest BCUT2D eigenvalue weighted by Crippen LogP contribution is 2.22. The molecule has 0 aliphatic heterocycles. The molecule has 0 radical (unpaired) electrons. The maximum Gasteiger partial charge on any atom is 0.407 e. The topological polar surface area (TPSA) is 58.6 Å². The molecule has 7 heteroatoms. The lowest BCUT2D eigenvalue weighted by Gasteiger charge is -2.25. The monoisotopic (exact) mass is 360 g/mol. The molecule has 0 bridgehead atoms. The molecule has 1 atom stereocenters. The van der Waals surface area contributed by atoms with Crippen LogP contribution < -0.4 is 5.32 Å². The smallest absolute Gasteiger partial charge is 0.407 e. The Morgan fingerprint density at radius 3 is 2.43 bits per heavy atom. The van der Waals surface area contributed by atoms with Crippen molar-refractivity contribution in [1.82, 2.24) is 10.2 Å². The van der Waals surface area contributed by atoms with Crippen LogP contribution in [0.25, 0.3) is 0 Å². The van der Waals surface area contributed by atoms with Gasteiger partial charge in [-0.25, -0.2) is 4.79 Å². The summed E-state index contributed by atoms with van der Waals surface area (Å²) in [4.78, 5) is 25.6. The summed E-state index contributed by atoms with van der Waals surface area (Å²) < 4.78 is 5.18. The van der Waals surface area contributed by atoms with Crippen molar-refractivity contribution in [1.29, 1.82) is 0 Å². The van der Waals surface area contributed by atoms with Crippen molar-refractivity contribution in [3.8, 4) is 0 Å². The van der Waals surface area contributed by atoms with Gasteiger partial charge in [0.15, 0.2) is 0 Å². The summed E-state index contributed by atoms with van der Waals surface area (Å²) in [6.45, 7) is 7.47. The first-order valence-corrected chi connectivity index (χ1v) is 7.95. The van der Waals surface area contributed by atoms with E-state index in [1.807, 2.05) is 0 Å². The van der Waals surface area contributed by atoms with E-state index in [0.29, 0.717) is 22.2 Å². The van der Waals surface area contributed by atoms with Gasteiger partial charge in [-0.3, -0.25) is 4.79 Å². The fraction of sp³-hybridized carbons (Fsp3) is 0.500. The van der Waals surface area contributed by atoms with Crippen molar-refractivity contribution >= 4 is 35.2 Å². The van der Waals surface area contributed by atoms with Gasteiger partial charge in [-0.05, 0) is 45.9 Å². The molecular weight excluding hydrogens is 339 g/mol. The number of nitrogens with one attached hydrogen (secondary N) is 1. The third-order valence-corrected chi connectivity index (χ3v) is 3.37. The standard InChI is InChI=1S/C16H22Cl2N2O3/c1-10(19-15(22)23-16(2,3)4)9-20(5)14(21)12-7-6-11(17)8-13(12)18/h6-8,10H,9H2,1-5H3,(H,19,22)/t10-/m0/s1. The SMILES string of the molecule is C[C@@H](CN(C)C(=O)c1ccc(Cl)cc1Cl)NC(=O)OC(C)(C)C. The lowest BCUT2D eigenvalue weighted by atomic mass is 10.2. The van der Waals surface area contributed by atoms with Gasteiger partial charge >= 0.3 is 6.09 Å². The van der Waals surface area contributed by atoms with Gasteiger partial charge in [-0.1, -0.05) is 23.2 Å². The Bertz CT molecular complexity index is 585. The van der Waals surface area contributed by atoms with Crippen molar-refractivity contribution in [2.45, 2.75) is 39.3 Å². The number of nitrogens with zero attached hydrogens (tertiary/aromatic N) is 1. The zero-order chi connectivity index (χ0) is 17.8. The summed E-state index contributed by atoms with van der Waals surface area (Å²) in [7, 11) is 1.64.